The summed E-state index contributed by atoms with van der Waals surface area (Å²) in [5.74, 6) is -0.0605. The van der Waals surface area contributed by atoms with Crippen LogP contribution in [-0.2, 0) is 5.75 Å². The highest BCUT2D eigenvalue weighted by Gasteiger charge is 2.16. The van der Waals surface area contributed by atoms with Crippen LogP contribution < -0.4 is 11.5 Å². The van der Waals surface area contributed by atoms with Gasteiger partial charge in [0.2, 0.25) is 0 Å². The number of benzene rings is 2. The fourth-order valence-electron chi connectivity index (χ4n) is 2.31. The maximum atomic E-state index is 11.6. The molecule has 0 saturated carbocycles. The van der Waals surface area contributed by atoms with Crippen LogP contribution >= 0.6 is 24.2 Å². The second-order valence-electron chi connectivity index (χ2n) is 4.84. The Morgan fingerprint density at radius 3 is 2.68 bits per heavy atom. The Hall–Kier alpha value is -2.18. The first-order chi connectivity index (χ1) is 10.5. The summed E-state index contributed by atoms with van der Waals surface area (Å²) in [5, 5.41) is 5.51. The smallest absolute Gasteiger partial charge is 0.269 e. The molecule has 7 heteroatoms. The molecule has 3 aromatic rings. The van der Waals surface area contributed by atoms with E-state index in [9.17, 15) is 4.79 Å². The summed E-state index contributed by atoms with van der Waals surface area (Å²) in [6.45, 7) is 0. The van der Waals surface area contributed by atoms with Crippen LogP contribution in [0, 0.1) is 0 Å². The minimum absolute atomic E-state index is 0.177. The van der Waals surface area contributed by atoms with Gasteiger partial charge in [-0.1, -0.05) is 17.7 Å². The van der Waals surface area contributed by atoms with Gasteiger partial charge in [0.25, 0.3) is 5.91 Å². The van der Waals surface area contributed by atoms with Gasteiger partial charge in [-0.25, -0.2) is 4.68 Å². The molecule has 1 heterocycles. The van der Waals surface area contributed by atoms with Gasteiger partial charge in [-0.3, -0.25) is 4.79 Å². The van der Waals surface area contributed by atoms with Crippen molar-refractivity contribution in [3.63, 3.8) is 0 Å². The van der Waals surface area contributed by atoms with E-state index in [1.165, 1.54) is 0 Å². The highest BCUT2D eigenvalue weighted by Crippen LogP contribution is 2.27. The lowest BCUT2D eigenvalue weighted by Gasteiger charge is -2.07. The van der Waals surface area contributed by atoms with Gasteiger partial charge in [-0.2, -0.15) is 17.7 Å². The molecule has 0 bridgehead atoms. The summed E-state index contributed by atoms with van der Waals surface area (Å²) in [6, 6.07) is 10.7. The molecule has 22 heavy (non-hydrogen) atoms. The van der Waals surface area contributed by atoms with Crippen LogP contribution in [0.5, 0.6) is 0 Å². The minimum atomic E-state index is -0.604. The average Bonchev–Trinajstić information content (AvgIpc) is 2.86. The molecule has 5 nitrogen and oxygen atoms in total. The number of carbonyl (C=O) groups is 1. The molecule has 112 valence electrons. The number of carbonyl (C=O) groups excluding carboxylic acids is 1. The molecule has 0 unspecified atom stereocenters. The number of nitrogens with two attached hydrogens (primary N) is 2. The number of fused-ring (bicyclic) bond motifs is 1. The molecule has 0 saturated heterocycles. The molecule has 0 atom stereocenters. The molecule has 4 N–H and O–H groups in total. The Bertz CT molecular complexity index is 891. The first-order valence-corrected chi connectivity index (χ1v) is 7.50. The average molecular weight is 333 g/mol. The standard InChI is InChI=1S/C15H13ClN4OS/c16-12-6-10(3-1-8(12)7-22)20-13-4-2-9(17)5-11(13)14(19-20)15(18)21/h1-6,22H,7,17H2,(H2,18,21). The Morgan fingerprint density at radius 2 is 2.05 bits per heavy atom. The lowest BCUT2D eigenvalue weighted by atomic mass is 10.1. The molecule has 0 aliphatic rings. The number of amides is 1. The molecule has 0 fully saturated rings. The number of primary amides is 1. The van der Waals surface area contributed by atoms with Gasteiger partial charge in [0.15, 0.2) is 5.69 Å². The minimum Gasteiger partial charge on any atom is -0.399 e. The van der Waals surface area contributed by atoms with E-state index < -0.39 is 5.91 Å². The third-order valence-corrected chi connectivity index (χ3v) is 4.08. The first kappa shape index (κ1) is 14.7. The van der Waals surface area contributed by atoms with Crippen molar-refractivity contribution in [2.75, 3.05) is 5.73 Å². The number of aromatic nitrogens is 2. The summed E-state index contributed by atoms with van der Waals surface area (Å²) in [7, 11) is 0. The van der Waals surface area contributed by atoms with Crippen LogP contribution in [-0.4, -0.2) is 15.7 Å². The second-order valence-corrected chi connectivity index (χ2v) is 5.56. The number of thiol groups is 1. The van der Waals surface area contributed by atoms with Gasteiger partial charge in [-0.05, 0) is 35.9 Å². The molecule has 0 spiro atoms. The van der Waals surface area contributed by atoms with Crippen LogP contribution in [0.25, 0.3) is 16.6 Å². The van der Waals surface area contributed by atoms with Crippen LogP contribution in [0.4, 0.5) is 5.69 Å². The maximum absolute atomic E-state index is 11.6. The molecule has 0 aliphatic carbocycles. The summed E-state index contributed by atoms with van der Waals surface area (Å²) >= 11 is 10.4. The molecule has 1 amide bonds. The van der Waals surface area contributed by atoms with E-state index in [1.54, 1.807) is 28.9 Å². The fraction of sp³-hybridized carbons (Fsp3) is 0.0667. The van der Waals surface area contributed by atoms with Crippen LogP contribution in [0.15, 0.2) is 36.4 Å². The Balaban J connectivity index is 2.27. The third kappa shape index (κ3) is 2.40. The molecule has 0 radical (unpaired) electrons. The van der Waals surface area contributed by atoms with E-state index in [2.05, 4.69) is 17.7 Å². The second kappa shape index (κ2) is 5.55. The summed E-state index contributed by atoms with van der Waals surface area (Å²) in [6.07, 6.45) is 0. The Kier molecular flexibility index (Phi) is 3.72. The lowest BCUT2D eigenvalue weighted by molar-refractivity contribution is 0.0996. The molecule has 0 aliphatic heterocycles. The number of anilines is 1. The van der Waals surface area contributed by atoms with Crippen molar-refractivity contribution in [3.8, 4) is 5.69 Å². The lowest BCUT2D eigenvalue weighted by Crippen LogP contribution is -2.12. The SMILES string of the molecule is NC(=O)c1nn(-c2ccc(CS)c(Cl)c2)c2ccc(N)cc12. The zero-order valence-corrected chi connectivity index (χ0v) is 13.1. The summed E-state index contributed by atoms with van der Waals surface area (Å²) < 4.78 is 1.63. The van der Waals surface area contributed by atoms with Crippen molar-refractivity contribution in [2.24, 2.45) is 5.73 Å². The van der Waals surface area contributed by atoms with Gasteiger partial charge in [-0.15, -0.1) is 0 Å². The van der Waals surface area contributed by atoms with E-state index in [0.29, 0.717) is 21.8 Å². The Morgan fingerprint density at radius 1 is 1.27 bits per heavy atom. The molecular weight excluding hydrogens is 320 g/mol. The predicted octanol–water partition coefficient (Wildman–Crippen LogP) is 2.79. The van der Waals surface area contributed by atoms with Crippen molar-refractivity contribution in [1.29, 1.82) is 0 Å². The van der Waals surface area contributed by atoms with E-state index in [0.717, 1.165) is 16.8 Å². The third-order valence-electron chi connectivity index (χ3n) is 3.39. The highest BCUT2D eigenvalue weighted by molar-refractivity contribution is 7.79. The van der Waals surface area contributed by atoms with E-state index in [-0.39, 0.29) is 5.69 Å². The highest BCUT2D eigenvalue weighted by atomic mass is 35.5. The van der Waals surface area contributed by atoms with Gasteiger partial charge in [0.05, 0.1) is 11.2 Å². The monoisotopic (exact) mass is 332 g/mol. The first-order valence-electron chi connectivity index (χ1n) is 6.49. The zero-order valence-electron chi connectivity index (χ0n) is 11.5. The van der Waals surface area contributed by atoms with E-state index in [1.807, 2.05) is 12.1 Å². The molecule has 3 rings (SSSR count). The number of hydrogen-bond acceptors (Lipinski definition) is 4. The molecule has 1 aromatic heterocycles. The van der Waals surface area contributed by atoms with Gasteiger partial charge in [0, 0.05) is 21.8 Å². The number of hydrogen-bond donors (Lipinski definition) is 3. The molecule has 2 aromatic carbocycles. The number of halogens is 1. The van der Waals surface area contributed by atoms with Crippen molar-refractivity contribution in [3.05, 3.63) is 52.7 Å². The van der Waals surface area contributed by atoms with Crippen molar-refractivity contribution in [1.82, 2.24) is 9.78 Å². The van der Waals surface area contributed by atoms with Gasteiger partial charge in [0.1, 0.15) is 0 Å². The summed E-state index contributed by atoms with van der Waals surface area (Å²) in [5.41, 5.74) is 14.3. The maximum Gasteiger partial charge on any atom is 0.269 e. The van der Waals surface area contributed by atoms with Gasteiger partial charge < -0.3 is 11.5 Å². The topological polar surface area (TPSA) is 86.9 Å². The fourth-order valence-corrected chi connectivity index (χ4v) is 2.92. The van der Waals surface area contributed by atoms with Crippen LogP contribution in [0.3, 0.4) is 0 Å². The molecular formula is C15H13ClN4OS. The zero-order chi connectivity index (χ0) is 15.9. The van der Waals surface area contributed by atoms with Crippen molar-refractivity contribution in [2.45, 2.75) is 5.75 Å². The van der Waals surface area contributed by atoms with E-state index >= 15 is 0 Å². The largest absolute Gasteiger partial charge is 0.399 e. The number of nitrogen functional groups attached to an aromatic ring is 1. The predicted molar refractivity (Wildman–Crippen MR) is 91.7 cm³/mol. The van der Waals surface area contributed by atoms with Crippen molar-refractivity contribution >= 4 is 46.7 Å². The van der Waals surface area contributed by atoms with E-state index in [4.69, 9.17) is 23.1 Å². The normalized spacial score (nSPS) is 11.0. The number of nitrogens with zero attached hydrogens (tertiary/aromatic N) is 2. The number of rotatable bonds is 3. The summed E-state index contributed by atoms with van der Waals surface area (Å²) in [4.78, 5) is 11.6. The Labute approximate surface area is 137 Å². The van der Waals surface area contributed by atoms with Gasteiger partial charge >= 0.3 is 0 Å². The van der Waals surface area contributed by atoms with Crippen molar-refractivity contribution < 1.29 is 4.79 Å². The quantitative estimate of drug-likeness (QED) is 0.509. The van der Waals surface area contributed by atoms with Crippen LogP contribution in [0.1, 0.15) is 16.1 Å². The van der Waals surface area contributed by atoms with Crippen LogP contribution in [0.2, 0.25) is 5.02 Å².